The Bertz CT molecular complexity index is 1020. The molecule has 0 spiro atoms. The van der Waals surface area contributed by atoms with Gasteiger partial charge in [-0.15, -0.1) is 0 Å². The summed E-state index contributed by atoms with van der Waals surface area (Å²) in [6.45, 7) is 5.68. The van der Waals surface area contributed by atoms with Crippen molar-refractivity contribution in [3.8, 4) is 5.75 Å². The second-order valence-corrected chi connectivity index (χ2v) is 8.97. The summed E-state index contributed by atoms with van der Waals surface area (Å²) in [6.07, 6.45) is 2.41. The molecule has 1 atom stereocenters. The Hall–Kier alpha value is -2.10. The summed E-state index contributed by atoms with van der Waals surface area (Å²) in [5.74, 6) is 0.960. The Morgan fingerprint density at radius 3 is 3.03 bits per heavy atom. The van der Waals surface area contributed by atoms with Gasteiger partial charge in [-0.25, -0.2) is 9.97 Å². The molecule has 0 saturated carbocycles. The van der Waals surface area contributed by atoms with Crippen LogP contribution in [-0.2, 0) is 16.1 Å². The Balaban J connectivity index is 1.40. The van der Waals surface area contributed by atoms with E-state index in [9.17, 15) is 4.79 Å². The van der Waals surface area contributed by atoms with Gasteiger partial charge in [-0.3, -0.25) is 4.79 Å². The number of nitrogens with zero attached hydrogens (tertiary/aromatic N) is 3. The molecule has 1 amide bonds. The number of aromatic nitrogens is 3. The maximum Gasteiger partial charge on any atom is 0.236 e. The van der Waals surface area contributed by atoms with Crippen molar-refractivity contribution in [3.05, 3.63) is 29.6 Å². The third-order valence-corrected chi connectivity index (χ3v) is 6.92. The zero-order valence-electron chi connectivity index (χ0n) is 16.7. The first kappa shape index (κ1) is 20.2. The fourth-order valence-electron chi connectivity index (χ4n) is 3.31. The molecule has 3 aromatic rings. The lowest BCUT2D eigenvalue weighted by molar-refractivity contribution is -0.113. The average molecular weight is 433 g/mol. The zero-order valence-corrected chi connectivity index (χ0v) is 18.4. The Kier molecular flexibility index (Phi) is 6.07. The molecule has 1 N–H and O–H groups in total. The number of methoxy groups -OCH3 is 1. The number of carbonyl (C=O) groups excluding carboxylic acids is 1. The minimum Gasteiger partial charge on any atom is -0.497 e. The van der Waals surface area contributed by atoms with Crippen molar-refractivity contribution in [2.24, 2.45) is 0 Å². The van der Waals surface area contributed by atoms with Gasteiger partial charge in [-0.2, -0.15) is 0 Å². The van der Waals surface area contributed by atoms with Crippen molar-refractivity contribution in [2.45, 2.75) is 44.5 Å². The summed E-state index contributed by atoms with van der Waals surface area (Å²) in [4.78, 5) is 21.6. The van der Waals surface area contributed by atoms with Crippen molar-refractivity contribution in [2.75, 3.05) is 24.8 Å². The highest BCUT2D eigenvalue weighted by molar-refractivity contribution is 7.99. The highest BCUT2D eigenvalue weighted by atomic mass is 32.2. The zero-order chi connectivity index (χ0) is 20.4. The van der Waals surface area contributed by atoms with Crippen LogP contribution in [0, 0.1) is 13.8 Å². The van der Waals surface area contributed by atoms with E-state index < -0.39 is 0 Å². The molecule has 4 rings (SSSR count). The molecule has 9 heteroatoms. The fourth-order valence-corrected chi connectivity index (χ4v) is 5.12. The van der Waals surface area contributed by atoms with Gasteiger partial charge in [-0.05, 0) is 44.9 Å². The van der Waals surface area contributed by atoms with Crippen LogP contribution in [0.1, 0.15) is 24.2 Å². The van der Waals surface area contributed by atoms with E-state index in [-0.39, 0.29) is 17.8 Å². The summed E-state index contributed by atoms with van der Waals surface area (Å²) in [6, 6.07) is 5.68. The number of anilines is 1. The van der Waals surface area contributed by atoms with E-state index in [2.05, 4.69) is 26.8 Å². The molecular weight excluding hydrogens is 408 g/mol. The first-order chi connectivity index (χ1) is 14.0. The minimum atomic E-state index is -0.0945. The van der Waals surface area contributed by atoms with Crippen LogP contribution in [-0.4, -0.2) is 46.0 Å². The van der Waals surface area contributed by atoms with Gasteiger partial charge in [0.2, 0.25) is 5.91 Å². The molecule has 154 valence electrons. The lowest BCUT2D eigenvalue weighted by Gasteiger charge is -2.14. The van der Waals surface area contributed by atoms with Crippen molar-refractivity contribution < 1.29 is 14.3 Å². The van der Waals surface area contributed by atoms with Gasteiger partial charge >= 0.3 is 0 Å². The number of hydrogen-bond donors (Lipinski definition) is 1. The van der Waals surface area contributed by atoms with Gasteiger partial charge in [0.25, 0.3) is 0 Å². The smallest absolute Gasteiger partial charge is 0.236 e. The third kappa shape index (κ3) is 4.57. The van der Waals surface area contributed by atoms with E-state index >= 15 is 0 Å². The number of hydrogen-bond acceptors (Lipinski definition) is 7. The maximum atomic E-state index is 12.5. The van der Waals surface area contributed by atoms with Crippen LogP contribution in [0.15, 0.2) is 23.4 Å². The van der Waals surface area contributed by atoms with Crippen LogP contribution in [0.3, 0.4) is 0 Å². The quantitative estimate of drug-likeness (QED) is 0.568. The first-order valence-corrected chi connectivity index (χ1v) is 11.4. The number of benzene rings is 1. The molecule has 3 heterocycles. The van der Waals surface area contributed by atoms with Crippen LogP contribution in [0.2, 0.25) is 0 Å². The molecule has 0 bridgehead atoms. The van der Waals surface area contributed by atoms with Crippen LogP contribution in [0.25, 0.3) is 10.2 Å². The molecule has 1 aromatic carbocycles. The number of aryl methyl sites for hydroxylation is 1. The third-order valence-electron chi connectivity index (χ3n) is 5.01. The lowest BCUT2D eigenvalue weighted by atomic mass is 10.2. The highest BCUT2D eigenvalue weighted by Gasteiger charge is 2.21. The number of rotatable bonds is 7. The standard InChI is InChI=1S/C20H24N4O3S2/c1-12-13(2)24(10-15-5-4-8-27-15)20(21-12)28-11-18(25)23-19-22-16-7-6-14(26-3)9-17(16)29-19/h6-7,9,15H,4-5,8,10-11H2,1-3H3,(H,22,23,25). The van der Waals surface area contributed by atoms with Gasteiger partial charge in [0.1, 0.15) is 5.75 Å². The first-order valence-electron chi connectivity index (χ1n) is 9.56. The monoisotopic (exact) mass is 432 g/mol. The van der Waals surface area contributed by atoms with Crippen LogP contribution >= 0.6 is 23.1 Å². The second-order valence-electron chi connectivity index (χ2n) is 7.00. The Morgan fingerprint density at radius 2 is 2.28 bits per heavy atom. The summed E-state index contributed by atoms with van der Waals surface area (Å²) < 4.78 is 14.2. The normalized spacial score (nSPS) is 16.4. The number of carbonyl (C=O) groups is 1. The largest absolute Gasteiger partial charge is 0.497 e. The Labute approximate surface area is 177 Å². The number of imidazole rings is 1. The molecule has 1 unspecified atom stereocenters. The van der Waals surface area contributed by atoms with Gasteiger partial charge in [0.15, 0.2) is 10.3 Å². The Morgan fingerprint density at radius 1 is 1.41 bits per heavy atom. The van der Waals surface area contributed by atoms with Gasteiger partial charge in [-0.1, -0.05) is 23.1 Å². The molecule has 0 aliphatic carbocycles. The number of fused-ring (bicyclic) bond motifs is 1. The number of nitrogens with one attached hydrogen (secondary N) is 1. The summed E-state index contributed by atoms with van der Waals surface area (Å²) >= 11 is 2.88. The van der Waals surface area contributed by atoms with E-state index in [1.807, 2.05) is 25.1 Å². The van der Waals surface area contributed by atoms with Gasteiger partial charge < -0.3 is 19.4 Å². The second kappa shape index (κ2) is 8.73. The van der Waals surface area contributed by atoms with E-state index in [1.54, 1.807) is 7.11 Å². The van der Waals surface area contributed by atoms with Crippen molar-refractivity contribution >= 4 is 44.4 Å². The molecule has 0 radical (unpaired) electrons. The molecule has 1 saturated heterocycles. The summed E-state index contributed by atoms with van der Waals surface area (Å²) in [5, 5.41) is 4.35. The molecule has 7 nitrogen and oxygen atoms in total. The molecule has 1 aliphatic rings. The maximum absolute atomic E-state index is 12.5. The predicted octanol–water partition coefficient (Wildman–Crippen LogP) is 4.03. The summed E-state index contributed by atoms with van der Waals surface area (Å²) in [7, 11) is 1.63. The van der Waals surface area contributed by atoms with Crippen molar-refractivity contribution in [1.29, 1.82) is 0 Å². The van der Waals surface area contributed by atoms with Gasteiger partial charge in [0, 0.05) is 12.3 Å². The molecule has 2 aromatic heterocycles. The average Bonchev–Trinajstić information content (AvgIpc) is 3.42. The topological polar surface area (TPSA) is 78.3 Å². The molecule has 29 heavy (non-hydrogen) atoms. The number of amides is 1. The van der Waals surface area contributed by atoms with E-state index in [0.29, 0.717) is 5.13 Å². The van der Waals surface area contributed by atoms with Crippen LogP contribution in [0.4, 0.5) is 5.13 Å². The summed E-state index contributed by atoms with van der Waals surface area (Å²) in [5.41, 5.74) is 2.96. The SMILES string of the molecule is COc1ccc2nc(NC(=O)CSc3nc(C)c(C)n3CC3CCCO3)sc2c1. The van der Waals surface area contributed by atoms with E-state index in [4.69, 9.17) is 9.47 Å². The number of thiazole rings is 1. The minimum absolute atomic E-state index is 0.0945. The predicted molar refractivity (Wildman–Crippen MR) is 116 cm³/mol. The van der Waals surface area contributed by atoms with Crippen LogP contribution < -0.4 is 10.1 Å². The molecule has 1 fully saturated rings. The van der Waals surface area contributed by atoms with Crippen molar-refractivity contribution in [3.63, 3.8) is 0 Å². The number of ether oxygens (including phenoxy) is 2. The van der Waals surface area contributed by atoms with E-state index in [1.165, 1.54) is 23.1 Å². The molecular formula is C20H24N4O3S2. The fraction of sp³-hybridized carbons (Fsp3) is 0.450. The van der Waals surface area contributed by atoms with Gasteiger partial charge in [0.05, 0.1) is 41.4 Å². The lowest BCUT2D eigenvalue weighted by Crippen LogP contribution is -2.18. The number of thioether (sulfide) groups is 1. The van der Waals surface area contributed by atoms with E-state index in [0.717, 1.165) is 58.5 Å². The van der Waals surface area contributed by atoms with Crippen molar-refractivity contribution in [1.82, 2.24) is 14.5 Å². The highest BCUT2D eigenvalue weighted by Crippen LogP contribution is 2.30. The van der Waals surface area contributed by atoms with Crippen LogP contribution in [0.5, 0.6) is 5.75 Å². The molecule has 1 aliphatic heterocycles.